The second-order valence-electron chi connectivity index (χ2n) is 7.85. The van der Waals surface area contributed by atoms with E-state index in [0.29, 0.717) is 6.04 Å². The van der Waals surface area contributed by atoms with E-state index in [0.717, 1.165) is 23.0 Å². The van der Waals surface area contributed by atoms with Crippen LogP contribution in [-0.2, 0) is 6.54 Å². The Kier molecular flexibility index (Phi) is 5.02. The van der Waals surface area contributed by atoms with E-state index >= 15 is 0 Å². The highest BCUT2D eigenvalue weighted by molar-refractivity contribution is 7.80. The van der Waals surface area contributed by atoms with Crippen LogP contribution in [0.15, 0.2) is 67.1 Å². The van der Waals surface area contributed by atoms with E-state index in [4.69, 9.17) is 12.2 Å². The maximum absolute atomic E-state index is 5.84. The van der Waals surface area contributed by atoms with Gasteiger partial charge >= 0.3 is 0 Å². The Balaban J connectivity index is 1.55. The summed E-state index contributed by atoms with van der Waals surface area (Å²) in [5.41, 5.74) is 3.34. The molecule has 0 bridgehead atoms. The van der Waals surface area contributed by atoms with Gasteiger partial charge in [-0.15, -0.1) is 0 Å². The number of hydrogen-bond acceptors (Lipinski definition) is 3. The lowest BCUT2D eigenvalue weighted by Gasteiger charge is -2.33. The molecule has 6 heteroatoms. The summed E-state index contributed by atoms with van der Waals surface area (Å²) in [6, 6.07) is 17.2. The molecule has 1 saturated carbocycles. The van der Waals surface area contributed by atoms with Crippen LogP contribution in [0, 0.1) is 0 Å². The minimum absolute atomic E-state index is 0.0432. The van der Waals surface area contributed by atoms with Crippen molar-refractivity contribution in [3.63, 3.8) is 0 Å². The van der Waals surface area contributed by atoms with Crippen molar-refractivity contribution in [2.45, 2.75) is 50.4 Å². The van der Waals surface area contributed by atoms with Gasteiger partial charge in [-0.3, -0.25) is 9.97 Å². The summed E-state index contributed by atoms with van der Waals surface area (Å²) in [6.07, 6.45) is 10.8. The van der Waals surface area contributed by atoms with Gasteiger partial charge in [0.25, 0.3) is 0 Å². The van der Waals surface area contributed by atoms with E-state index in [9.17, 15) is 0 Å². The van der Waals surface area contributed by atoms with Gasteiger partial charge in [0.15, 0.2) is 5.11 Å². The van der Waals surface area contributed by atoms with Crippen molar-refractivity contribution in [2.24, 2.45) is 0 Å². The number of pyridine rings is 2. The maximum Gasteiger partial charge on any atom is 0.170 e. The summed E-state index contributed by atoms with van der Waals surface area (Å²) in [6.45, 7) is 0.750. The van der Waals surface area contributed by atoms with E-state index in [1.54, 1.807) is 0 Å². The van der Waals surface area contributed by atoms with Crippen molar-refractivity contribution in [1.29, 1.82) is 0 Å². The van der Waals surface area contributed by atoms with Gasteiger partial charge in [-0.1, -0.05) is 25.0 Å². The van der Waals surface area contributed by atoms with Crippen LogP contribution in [0.25, 0.3) is 0 Å². The monoisotopic (exact) mass is 403 g/mol. The van der Waals surface area contributed by atoms with Crippen LogP contribution in [0.4, 0.5) is 0 Å². The van der Waals surface area contributed by atoms with E-state index in [1.807, 2.05) is 30.6 Å². The lowest BCUT2D eigenvalue weighted by Crippen LogP contribution is -2.38. The van der Waals surface area contributed by atoms with Gasteiger partial charge in [0, 0.05) is 30.3 Å². The molecule has 1 aliphatic carbocycles. The number of hydrogen-bond donors (Lipinski definition) is 1. The summed E-state index contributed by atoms with van der Waals surface area (Å²) < 4.78 is 2.31. The van der Waals surface area contributed by atoms with Crippen LogP contribution in [0.2, 0.25) is 0 Å². The minimum atomic E-state index is 0.0432. The highest BCUT2D eigenvalue weighted by Gasteiger charge is 2.44. The lowest BCUT2D eigenvalue weighted by atomic mass is 9.99. The molecule has 2 fully saturated rings. The highest BCUT2D eigenvalue weighted by atomic mass is 32.1. The van der Waals surface area contributed by atoms with Gasteiger partial charge in [0.1, 0.15) is 0 Å². The van der Waals surface area contributed by atoms with E-state index in [-0.39, 0.29) is 12.1 Å². The average Bonchev–Trinajstić information content (AvgIpc) is 3.49. The van der Waals surface area contributed by atoms with Gasteiger partial charge in [-0.05, 0) is 61.5 Å². The SMILES string of the molecule is S=C1N[C@H](c2ccccn2)[C@H](c2cccn2Cc2ccccn2)N1C1CCCC1. The molecular formula is C23H25N5S. The van der Waals surface area contributed by atoms with Crippen LogP contribution < -0.4 is 5.32 Å². The van der Waals surface area contributed by atoms with Gasteiger partial charge in [-0.2, -0.15) is 0 Å². The van der Waals surface area contributed by atoms with E-state index in [1.165, 1.54) is 31.4 Å². The Morgan fingerprint density at radius 1 is 0.966 bits per heavy atom. The van der Waals surface area contributed by atoms with E-state index < -0.39 is 0 Å². The van der Waals surface area contributed by atoms with Crippen LogP contribution in [0.5, 0.6) is 0 Å². The molecule has 148 valence electrons. The summed E-state index contributed by atoms with van der Waals surface area (Å²) in [4.78, 5) is 11.6. The second-order valence-corrected chi connectivity index (χ2v) is 8.24. The molecule has 0 aromatic carbocycles. The fourth-order valence-corrected chi connectivity index (χ4v) is 5.15. The molecule has 0 radical (unpaired) electrons. The molecule has 0 spiro atoms. The minimum Gasteiger partial charge on any atom is -0.352 e. The quantitative estimate of drug-likeness (QED) is 0.646. The third-order valence-electron chi connectivity index (χ3n) is 6.08. The van der Waals surface area contributed by atoms with Crippen LogP contribution in [0.1, 0.15) is 54.8 Å². The zero-order chi connectivity index (χ0) is 19.6. The van der Waals surface area contributed by atoms with Crippen molar-refractivity contribution in [3.05, 3.63) is 84.2 Å². The lowest BCUT2D eigenvalue weighted by molar-refractivity contribution is 0.237. The van der Waals surface area contributed by atoms with Gasteiger partial charge in [-0.25, -0.2) is 0 Å². The molecule has 29 heavy (non-hydrogen) atoms. The Labute approximate surface area is 176 Å². The Bertz CT molecular complexity index is 965. The van der Waals surface area contributed by atoms with Gasteiger partial charge in [0.2, 0.25) is 0 Å². The first-order valence-electron chi connectivity index (χ1n) is 10.4. The normalized spacial score (nSPS) is 22.2. The van der Waals surface area contributed by atoms with E-state index in [2.05, 4.69) is 61.3 Å². The molecule has 2 aliphatic rings. The summed E-state index contributed by atoms with van der Waals surface area (Å²) in [5.74, 6) is 0. The van der Waals surface area contributed by atoms with Crippen molar-refractivity contribution < 1.29 is 0 Å². The summed E-state index contributed by atoms with van der Waals surface area (Å²) in [5, 5.41) is 4.44. The first-order chi connectivity index (χ1) is 14.3. The Morgan fingerprint density at radius 2 is 1.76 bits per heavy atom. The fourth-order valence-electron chi connectivity index (χ4n) is 4.76. The zero-order valence-corrected chi connectivity index (χ0v) is 17.1. The number of thiocarbonyl (C=S) groups is 1. The molecule has 1 aliphatic heterocycles. The van der Waals surface area contributed by atoms with Crippen LogP contribution in [0.3, 0.4) is 0 Å². The largest absolute Gasteiger partial charge is 0.352 e. The average molecular weight is 404 g/mol. The molecule has 0 amide bonds. The Hall–Kier alpha value is -2.73. The molecule has 5 nitrogen and oxygen atoms in total. The molecule has 1 N–H and O–H groups in total. The summed E-state index contributed by atoms with van der Waals surface area (Å²) >= 11 is 5.84. The second kappa shape index (κ2) is 7.95. The fraction of sp³-hybridized carbons (Fsp3) is 0.348. The number of aromatic nitrogens is 3. The maximum atomic E-state index is 5.84. The highest BCUT2D eigenvalue weighted by Crippen LogP contribution is 2.42. The number of nitrogens with zero attached hydrogens (tertiary/aromatic N) is 4. The molecule has 3 aromatic rings. The molecule has 5 rings (SSSR count). The van der Waals surface area contributed by atoms with Crippen molar-refractivity contribution in [1.82, 2.24) is 24.8 Å². The zero-order valence-electron chi connectivity index (χ0n) is 16.3. The molecule has 2 atom stereocenters. The molecular weight excluding hydrogens is 378 g/mol. The van der Waals surface area contributed by atoms with Crippen LogP contribution in [-0.4, -0.2) is 30.6 Å². The number of rotatable bonds is 5. The van der Waals surface area contributed by atoms with Crippen molar-refractivity contribution in [2.75, 3.05) is 0 Å². The topological polar surface area (TPSA) is 46.0 Å². The molecule has 3 aromatic heterocycles. The van der Waals surface area contributed by atoms with Crippen LogP contribution >= 0.6 is 12.2 Å². The predicted octanol–water partition coefficient (Wildman–Crippen LogP) is 4.24. The summed E-state index contributed by atoms with van der Waals surface area (Å²) in [7, 11) is 0. The number of nitrogens with one attached hydrogen (secondary N) is 1. The molecule has 1 saturated heterocycles. The third kappa shape index (κ3) is 3.53. The smallest absolute Gasteiger partial charge is 0.170 e. The Morgan fingerprint density at radius 3 is 2.48 bits per heavy atom. The van der Waals surface area contributed by atoms with Crippen molar-refractivity contribution >= 4 is 17.3 Å². The molecule has 0 unspecified atom stereocenters. The molecule has 4 heterocycles. The van der Waals surface area contributed by atoms with Gasteiger partial charge < -0.3 is 14.8 Å². The van der Waals surface area contributed by atoms with Crippen molar-refractivity contribution in [3.8, 4) is 0 Å². The van der Waals surface area contributed by atoms with Gasteiger partial charge in [0.05, 0.1) is 30.0 Å². The third-order valence-corrected chi connectivity index (χ3v) is 6.41. The first-order valence-corrected chi connectivity index (χ1v) is 10.8. The first kappa shape index (κ1) is 18.3. The predicted molar refractivity (Wildman–Crippen MR) is 117 cm³/mol. The standard InChI is InChI=1S/C23H25N5S/c29-23-26-21(19-11-4-6-14-25-19)22(28(23)18-9-1-2-10-18)20-12-7-15-27(20)16-17-8-3-5-13-24-17/h3-8,11-15,18,21-22H,1-2,9-10,16H2,(H,26,29)/t21-,22+/m1/s1.